The van der Waals surface area contributed by atoms with E-state index >= 15 is 0 Å². The molecule has 1 aliphatic heterocycles. The first kappa shape index (κ1) is 16.1. The van der Waals surface area contributed by atoms with E-state index in [0.717, 1.165) is 19.4 Å². The summed E-state index contributed by atoms with van der Waals surface area (Å²) >= 11 is 0. The summed E-state index contributed by atoms with van der Waals surface area (Å²) in [6.45, 7) is 7.90. The third kappa shape index (κ3) is 2.65. The van der Waals surface area contributed by atoms with Crippen molar-refractivity contribution in [3.8, 4) is 5.75 Å². The van der Waals surface area contributed by atoms with E-state index in [2.05, 4.69) is 18.7 Å². The van der Waals surface area contributed by atoms with Crippen molar-refractivity contribution >= 4 is 5.97 Å². The molecule has 0 unspecified atom stereocenters. The second-order valence-corrected chi connectivity index (χ2v) is 7.26. The quantitative estimate of drug-likeness (QED) is 0.842. The zero-order chi connectivity index (χ0) is 16.8. The first-order valence-electron chi connectivity index (χ1n) is 8.29. The summed E-state index contributed by atoms with van der Waals surface area (Å²) < 4.78 is 0. The van der Waals surface area contributed by atoms with Crippen LogP contribution in [0.2, 0.25) is 0 Å². The van der Waals surface area contributed by atoms with Crippen LogP contribution < -0.4 is 0 Å². The van der Waals surface area contributed by atoms with Crippen LogP contribution >= 0.6 is 0 Å². The number of aromatic hydroxyl groups is 1. The normalized spacial score (nSPS) is 30.8. The summed E-state index contributed by atoms with van der Waals surface area (Å²) in [6, 6.07) is 6.17. The van der Waals surface area contributed by atoms with E-state index < -0.39 is 5.97 Å². The first-order valence-corrected chi connectivity index (χ1v) is 8.29. The molecule has 124 valence electrons. The number of piperidine rings is 1. The Labute approximate surface area is 137 Å². The fourth-order valence-corrected chi connectivity index (χ4v) is 4.26. The number of hydrogen-bond donors (Lipinski definition) is 2. The van der Waals surface area contributed by atoms with Gasteiger partial charge in [-0.3, -0.25) is 4.90 Å². The molecule has 4 heteroatoms. The molecular weight excluding hydrogens is 290 g/mol. The van der Waals surface area contributed by atoms with Gasteiger partial charge in [-0.25, -0.2) is 4.79 Å². The van der Waals surface area contributed by atoms with Crippen molar-refractivity contribution < 1.29 is 15.0 Å². The lowest BCUT2D eigenvalue weighted by Gasteiger charge is -2.54. The Hall–Kier alpha value is -1.81. The van der Waals surface area contributed by atoms with E-state index in [1.807, 2.05) is 18.2 Å². The van der Waals surface area contributed by atoms with E-state index in [0.29, 0.717) is 29.8 Å². The first-order chi connectivity index (χ1) is 10.8. The average molecular weight is 315 g/mol. The number of benzene rings is 1. The second kappa shape index (κ2) is 5.68. The highest BCUT2D eigenvalue weighted by Gasteiger charge is 2.48. The lowest BCUT2D eigenvalue weighted by molar-refractivity contribution is -0.132. The third-order valence-corrected chi connectivity index (χ3v) is 6.08. The van der Waals surface area contributed by atoms with Crippen molar-refractivity contribution in [3.63, 3.8) is 0 Å². The van der Waals surface area contributed by atoms with E-state index in [1.165, 1.54) is 11.1 Å². The standard InChI is InChI=1S/C19H25NO3/c1-12(18(22)23)6-8-20-9-7-19(3)13(2)17(20)10-14-4-5-15(21)11-16(14)19/h4-6,11,13,17,21H,7-10H2,1-3H3,(H,22,23)/b12-6+/t13-,17+,19+/m0/s1. The highest BCUT2D eigenvalue weighted by molar-refractivity contribution is 5.85. The molecule has 0 radical (unpaired) electrons. The lowest BCUT2D eigenvalue weighted by atomic mass is 9.59. The smallest absolute Gasteiger partial charge is 0.330 e. The van der Waals surface area contributed by atoms with Crippen molar-refractivity contribution in [1.29, 1.82) is 0 Å². The molecule has 1 saturated heterocycles. The minimum absolute atomic E-state index is 0.0824. The number of carbonyl (C=O) groups is 1. The number of rotatable bonds is 3. The van der Waals surface area contributed by atoms with Crippen molar-refractivity contribution in [1.82, 2.24) is 4.90 Å². The molecular formula is C19H25NO3. The van der Waals surface area contributed by atoms with Gasteiger partial charge < -0.3 is 10.2 Å². The zero-order valence-electron chi connectivity index (χ0n) is 14.0. The van der Waals surface area contributed by atoms with Gasteiger partial charge in [-0.1, -0.05) is 26.0 Å². The summed E-state index contributed by atoms with van der Waals surface area (Å²) in [5.41, 5.74) is 3.10. The summed E-state index contributed by atoms with van der Waals surface area (Å²) in [4.78, 5) is 13.4. The average Bonchev–Trinajstić information content (AvgIpc) is 2.50. The number of hydrogen-bond acceptors (Lipinski definition) is 3. The number of nitrogens with zero attached hydrogens (tertiary/aromatic N) is 1. The number of phenolic OH excluding ortho intramolecular Hbond substituents is 1. The summed E-state index contributed by atoms with van der Waals surface area (Å²) in [5.74, 6) is -0.0217. The van der Waals surface area contributed by atoms with Gasteiger partial charge in [-0.05, 0) is 60.9 Å². The molecule has 1 aliphatic carbocycles. The van der Waals surface area contributed by atoms with E-state index in [-0.39, 0.29) is 5.41 Å². The maximum Gasteiger partial charge on any atom is 0.330 e. The van der Waals surface area contributed by atoms with Crippen LogP contribution in [0.15, 0.2) is 29.8 Å². The van der Waals surface area contributed by atoms with Gasteiger partial charge in [-0.2, -0.15) is 0 Å². The fraction of sp³-hybridized carbons (Fsp3) is 0.526. The van der Waals surface area contributed by atoms with Gasteiger partial charge in [0.25, 0.3) is 0 Å². The van der Waals surface area contributed by atoms with Gasteiger partial charge in [-0.15, -0.1) is 0 Å². The van der Waals surface area contributed by atoms with Crippen LogP contribution in [0.3, 0.4) is 0 Å². The molecule has 1 aromatic carbocycles. The number of aliphatic carboxylic acids is 1. The van der Waals surface area contributed by atoms with E-state index in [9.17, 15) is 9.90 Å². The monoisotopic (exact) mass is 315 g/mol. The Balaban J connectivity index is 1.89. The number of likely N-dealkylation sites (tertiary alicyclic amines) is 1. The van der Waals surface area contributed by atoms with Gasteiger partial charge in [0.15, 0.2) is 0 Å². The van der Waals surface area contributed by atoms with Crippen LogP contribution in [-0.2, 0) is 16.6 Å². The number of fused-ring (bicyclic) bond motifs is 4. The Bertz CT molecular complexity index is 667. The topological polar surface area (TPSA) is 60.8 Å². The van der Waals surface area contributed by atoms with Gasteiger partial charge in [0.1, 0.15) is 5.75 Å². The van der Waals surface area contributed by atoms with Crippen molar-refractivity contribution in [2.45, 2.75) is 45.1 Å². The molecule has 0 amide bonds. The van der Waals surface area contributed by atoms with Gasteiger partial charge in [0.05, 0.1) is 0 Å². The summed E-state index contributed by atoms with van der Waals surface area (Å²) in [7, 11) is 0. The van der Waals surface area contributed by atoms with Crippen LogP contribution in [0.25, 0.3) is 0 Å². The highest BCUT2D eigenvalue weighted by atomic mass is 16.4. The molecule has 1 aromatic rings. The van der Waals surface area contributed by atoms with Gasteiger partial charge >= 0.3 is 5.97 Å². The maximum atomic E-state index is 11.0. The molecule has 0 spiro atoms. The Morgan fingerprint density at radius 2 is 2.22 bits per heavy atom. The van der Waals surface area contributed by atoms with Crippen LogP contribution in [0, 0.1) is 5.92 Å². The number of carboxylic acid groups (broad SMARTS) is 1. The van der Waals surface area contributed by atoms with Crippen LogP contribution in [0.4, 0.5) is 0 Å². The Kier molecular flexibility index (Phi) is 3.96. The van der Waals surface area contributed by atoms with Gasteiger partial charge in [0, 0.05) is 18.2 Å². The van der Waals surface area contributed by atoms with Crippen LogP contribution in [0.5, 0.6) is 5.75 Å². The molecule has 1 fully saturated rings. The number of carboxylic acids is 1. The molecule has 0 saturated carbocycles. The molecule has 2 N–H and O–H groups in total. The highest BCUT2D eigenvalue weighted by Crippen LogP contribution is 2.49. The molecule has 3 rings (SSSR count). The lowest BCUT2D eigenvalue weighted by Crippen LogP contribution is -2.57. The predicted octanol–water partition coefficient (Wildman–Crippen LogP) is 2.95. The van der Waals surface area contributed by atoms with E-state index in [1.54, 1.807) is 13.0 Å². The molecule has 23 heavy (non-hydrogen) atoms. The summed E-state index contributed by atoms with van der Waals surface area (Å²) in [5, 5.41) is 18.9. The Morgan fingerprint density at radius 3 is 2.91 bits per heavy atom. The molecule has 0 aromatic heterocycles. The number of phenols is 1. The van der Waals surface area contributed by atoms with Crippen LogP contribution in [-0.4, -0.2) is 40.2 Å². The van der Waals surface area contributed by atoms with Crippen LogP contribution in [0.1, 0.15) is 38.3 Å². The van der Waals surface area contributed by atoms with Gasteiger partial charge in [0.2, 0.25) is 0 Å². The summed E-state index contributed by atoms with van der Waals surface area (Å²) in [6.07, 6.45) is 3.82. The minimum Gasteiger partial charge on any atom is -0.508 e. The van der Waals surface area contributed by atoms with E-state index in [4.69, 9.17) is 5.11 Å². The molecule has 2 aliphatic rings. The minimum atomic E-state index is -0.843. The maximum absolute atomic E-state index is 11.0. The SMILES string of the molecule is C/C(=C\CN1CC[C@@]2(C)c3cc(O)ccc3C[C@@H]1[C@@H]2C)C(=O)O. The fourth-order valence-electron chi connectivity index (χ4n) is 4.26. The molecule has 3 atom stereocenters. The second-order valence-electron chi connectivity index (χ2n) is 7.26. The third-order valence-electron chi connectivity index (χ3n) is 6.08. The molecule has 4 nitrogen and oxygen atoms in total. The molecule has 1 heterocycles. The Morgan fingerprint density at radius 1 is 1.48 bits per heavy atom. The largest absolute Gasteiger partial charge is 0.508 e. The predicted molar refractivity (Wildman–Crippen MR) is 89.7 cm³/mol. The zero-order valence-corrected chi connectivity index (χ0v) is 14.0. The molecule has 2 bridgehead atoms. The van der Waals surface area contributed by atoms with Crippen molar-refractivity contribution in [2.75, 3.05) is 13.1 Å². The van der Waals surface area contributed by atoms with Crippen molar-refractivity contribution in [3.05, 3.63) is 41.0 Å². The van der Waals surface area contributed by atoms with Crippen molar-refractivity contribution in [2.24, 2.45) is 5.92 Å².